The average Bonchev–Trinajstić information content (AvgIpc) is 2.45. The van der Waals surface area contributed by atoms with Crippen LogP contribution in [-0.2, 0) is 10.8 Å². The van der Waals surface area contributed by atoms with Crippen LogP contribution in [-0.4, -0.2) is 9.85 Å². The monoisotopic (exact) mass is 292 g/mol. The minimum atomic E-state index is -0.674. The molecule has 0 N–H and O–H groups in total. The molecule has 6 heteroatoms. The van der Waals surface area contributed by atoms with E-state index in [0.717, 1.165) is 5.56 Å². The Morgan fingerprint density at radius 1 is 0.857 bits per heavy atom. The Hall–Kier alpha value is -1.98. The number of nitrogens with zero attached hydrogens (tertiary/aromatic N) is 2. The topological polar surface area (TPSA) is 86.3 Å². The lowest BCUT2D eigenvalue weighted by Crippen LogP contribution is -2.42. The van der Waals surface area contributed by atoms with Gasteiger partial charge in [0.15, 0.2) is 0 Å². The highest BCUT2D eigenvalue weighted by Crippen LogP contribution is 2.64. The summed E-state index contributed by atoms with van der Waals surface area (Å²) in [7, 11) is 0. The van der Waals surface area contributed by atoms with Gasteiger partial charge < -0.3 is 0 Å². The van der Waals surface area contributed by atoms with Gasteiger partial charge in [-0.15, -0.1) is 0 Å². The predicted molar refractivity (Wildman–Crippen MR) is 79.6 cm³/mol. The second-order valence-electron chi connectivity index (χ2n) is 7.25. The molecule has 0 atom stereocenters. The summed E-state index contributed by atoms with van der Waals surface area (Å²) in [5, 5.41) is 22.7. The van der Waals surface area contributed by atoms with E-state index < -0.39 is 20.9 Å². The Morgan fingerprint density at radius 2 is 1.38 bits per heavy atom. The van der Waals surface area contributed by atoms with E-state index in [2.05, 4.69) is 13.8 Å². The molecule has 1 aromatic rings. The van der Waals surface area contributed by atoms with Crippen LogP contribution in [0.15, 0.2) is 12.1 Å². The molecule has 0 bridgehead atoms. The van der Waals surface area contributed by atoms with Crippen molar-refractivity contribution in [3.63, 3.8) is 0 Å². The Morgan fingerprint density at radius 3 is 1.81 bits per heavy atom. The normalized spacial score (nSPS) is 20.9. The van der Waals surface area contributed by atoms with Gasteiger partial charge in [0.2, 0.25) is 0 Å². The van der Waals surface area contributed by atoms with Crippen molar-refractivity contribution in [2.45, 2.75) is 52.4 Å². The van der Waals surface area contributed by atoms with Crippen LogP contribution < -0.4 is 0 Å². The molecule has 0 fully saturated rings. The summed E-state index contributed by atoms with van der Waals surface area (Å²) >= 11 is 0. The molecule has 2 rings (SSSR count). The maximum Gasteiger partial charge on any atom is 0.350 e. The van der Waals surface area contributed by atoms with Crippen molar-refractivity contribution in [1.82, 2.24) is 0 Å². The first kappa shape index (κ1) is 15.4. The molecule has 0 spiro atoms. The summed E-state index contributed by atoms with van der Waals surface area (Å²) in [5.74, 6) is 0. The average molecular weight is 292 g/mol. The van der Waals surface area contributed by atoms with Gasteiger partial charge in [-0.25, -0.2) is 0 Å². The highest BCUT2D eigenvalue weighted by atomic mass is 16.6. The molecule has 0 amide bonds. The molecule has 0 aliphatic heterocycles. The fraction of sp³-hybridized carbons (Fsp3) is 0.600. The largest absolute Gasteiger partial charge is 0.350 e. The number of fused-ring (bicyclic) bond motifs is 1. The van der Waals surface area contributed by atoms with E-state index in [-0.39, 0.29) is 16.5 Å². The number of nitro groups is 2. The lowest BCUT2D eigenvalue weighted by atomic mass is 9.59. The molecular weight excluding hydrogens is 272 g/mol. The first-order chi connectivity index (χ1) is 9.37. The molecule has 0 radical (unpaired) electrons. The summed E-state index contributed by atoms with van der Waals surface area (Å²) in [5.41, 5.74) is -0.595. The molecule has 0 unspecified atom stereocenters. The second kappa shape index (κ2) is 4.02. The van der Waals surface area contributed by atoms with Crippen LogP contribution in [0, 0.1) is 25.6 Å². The molecule has 1 aliphatic rings. The number of hydrogen-bond acceptors (Lipinski definition) is 4. The predicted octanol–water partition coefficient (Wildman–Crippen LogP) is 4.10. The third kappa shape index (κ3) is 1.65. The van der Waals surface area contributed by atoms with E-state index >= 15 is 0 Å². The standard InChI is InChI=1S/C15H20N2O4/c1-13(2)9-7-8-10(16(18)19)12(17(20)21)11(9)14(3,4)15(13,5)6/h7-8H,1-6H3. The van der Waals surface area contributed by atoms with Crippen molar-refractivity contribution in [2.75, 3.05) is 0 Å². The smallest absolute Gasteiger partial charge is 0.258 e. The Kier molecular flexibility index (Phi) is 2.95. The lowest BCUT2D eigenvalue weighted by molar-refractivity contribution is -0.423. The minimum absolute atomic E-state index is 0.275. The molecule has 21 heavy (non-hydrogen) atoms. The third-order valence-electron chi connectivity index (χ3n) is 5.96. The van der Waals surface area contributed by atoms with Gasteiger partial charge in [0.1, 0.15) is 0 Å². The van der Waals surface area contributed by atoms with Gasteiger partial charge in [0.05, 0.1) is 9.85 Å². The van der Waals surface area contributed by atoms with E-state index in [1.54, 1.807) is 6.07 Å². The second-order valence-corrected chi connectivity index (χ2v) is 7.25. The van der Waals surface area contributed by atoms with Gasteiger partial charge in [0, 0.05) is 17.0 Å². The fourth-order valence-electron chi connectivity index (χ4n) is 3.50. The summed E-state index contributed by atoms with van der Waals surface area (Å²) in [6, 6.07) is 2.94. The highest BCUT2D eigenvalue weighted by Gasteiger charge is 2.60. The Balaban J connectivity index is 2.98. The third-order valence-corrected chi connectivity index (χ3v) is 5.96. The van der Waals surface area contributed by atoms with Crippen LogP contribution >= 0.6 is 0 Å². The Labute approximate surface area is 123 Å². The van der Waals surface area contributed by atoms with E-state index in [4.69, 9.17) is 0 Å². The zero-order valence-corrected chi connectivity index (χ0v) is 13.2. The maximum atomic E-state index is 11.5. The van der Waals surface area contributed by atoms with Crippen molar-refractivity contribution >= 4 is 11.4 Å². The maximum absolute atomic E-state index is 11.5. The molecule has 0 heterocycles. The van der Waals surface area contributed by atoms with E-state index in [1.807, 2.05) is 27.7 Å². The van der Waals surface area contributed by atoms with Gasteiger partial charge >= 0.3 is 11.4 Å². The van der Waals surface area contributed by atoms with Gasteiger partial charge in [-0.1, -0.05) is 47.6 Å². The molecule has 1 aromatic carbocycles. The van der Waals surface area contributed by atoms with E-state index in [0.29, 0.717) is 5.56 Å². The summed E-state index contributed by atoms with van der Waals surface area (Å²) < 4.78 is 0. The van der Waals surface area contributed by atoms with Crippen LogP contribution in [0.25, 0.3) is 0 Å². The number of hydrogen-bond donors (Lipinski definition) is 0. The number of benzene rings is 1. The van der Waals surface area contributed by atoms with Gasteiger partial charge in [-0.2, -0.15) is 0 Å². The quantitative estimate of drug-likeness (QED) is 0.606. The Bertz CT molecular complexity index is 660. The molecule has 0 aromatic heterocycles. The molecule has 0 saturated carbocycles. The van der Waals surface area contributed by atoms with Crippen LogP contribution in [0.5, 0.6) is 0 Å². The molecule has 6 nitrogen and oxygen atoms in total. The van der Waals surface area contributed by atoms with Crippen molar-refractivity contribution in [3.8, 4) is 0 Å². The lowest BCUT2D eigenvalue weighted by Gasteiger charge is -2.44. The van der Waals surface area contributed by atoms with Crippen molar-refractivity contribution in [2.24, 2.45) is 5.41 Å². The SMILES string of the molecule is CC1(C)c2ccc([N+](=O)[O-])c([N+](=O)[O-])c2C(C)(C)C1(C)C. The van der Waals surface area contributed by atoms with Gasteiger partial charge in [-0.3, -0.25) is 20.2 Å². The van der Waals surface area contributed by atoms with Crippen LogP contribution in [0.3, 0.4) is 0 Å². The molecular formula is C15H20N2O4. The number of nitro benzene ring substituents is 2. The zero-order valence-electron chi connectivity index (χ0n) is 13.2. The van der Waals surface area contributed by atoms with E-state index in [9.17, 15) is 20.2 Å². The fourth-order valence-corrected chi connectivity index (χ4v) is 3.50. The van der Waals surface area contributed by atoms with Gasteiger partial charge in [-0.05, 0) is 16.4 Å². The first-order valence-electron chi connectivity index (χ1n) is 6.84. The minimum Gasteiger partial charge on any atom is -0.258 e. The van der Waals surface area contributed by atoms with Gasteiger partial charge in [0.25, 0.3) is 0 Å². The molecule has 0 saturated heterocycles. The summed E-state index contributed by atoms with van der Waals surface area (Å²) in [6.07, 6.45) is 0. The van der Waals surface area contributed by atoms with Crippen LogP contribution in [0.1, 0.15) is 52.7 Å². The van der Waals surface area contributed by atoms with Crippen molar-refractivity contribution in [3.05, 3.63) is 43.5 Å². The summed E-state index contributed by atoms with van der Waals surface area (Å²) in [4.78, 5) is 21.4. The van der Waals surface area contributed by atoms with Crippen molar-refractivity contribution < 1.29 is 9.85 Å². The first-order valence-corrected chi connectivity index (χ1v) is 6.84. The molecule has 114 valence electrons. The summed E-state index contributed by atoms with van der Waals surface area (Å²) in [6.45, 7) is 12.0. The zero-order chi connectivity index (χ0) is 16.4. The highest BCUT2D eigenvalue weighted by molar-refractivity contribution is 5.67. The molecule has 1 aliphatic carbocycles. The van der Waals surface area contributed by atoms with E-state index in [1.165, 1.54) is 6.07 Å². The van der Waals surface area contributed by atoms with Crippen LogP contribution in [0.2, 0.25) is 0 Å². The van der Waals surface area contributed by atoms with Crippen molar-refractivity contribution in [1.29, 1.82) is 0 Å². The van der Waals surface area contributed by atoms with Crippen LogP contribution in [0.4, 0.5) is 11.4 Å². The number of rotatable bonds is 2.